The molecular weight excluding hydrogens is 372 g/mol. The first-order chi connectivity index (χ1) is 12.9. The number of benzene rings is 1. The lowest BCUT2D eigenvalue weighted by Crippen LogP contribution is -2.41. The van der Waals surface area contributed by atoms with Gasteiger partial charge in [-0.15, -0.1) is 0 Å². The van der Waals surface area contributed by atoms with Crippen molar-refractivity contribution >= 4 is 10.1 Å². The van der Waals surface area contributed by atoms with Crippen LogP contribution >= 0.6 is 0 Å². The molecule has 4 atom stereocenters. The molecular formula is C19H26O7S. The van der Waals surface area contributed by atoms with Crippen LogP contribution in [0.2, 0.25) is 0 Å². The van der Waals surface area contributed by atoms with Crippen molar-refractivity contribution in [3.05, 3.63) is 35.9 Å². The van der Waals surface area contributed by atoms with Crippen LogP contribution in [0.15, 0.2) is 30.3 Å². The summed E-state index contributed by atoms with van der Waals surface area (Å²) in [6.45, 7) is 0.259. The van der Waals surface area contributed by atoms with Crippen LogP contribution in [0.1, 0.15) is 37.7 Å². The van der Waals surface area contributed by atoms with Gasteiger partial charge in [-0.3, -0.25) is 4.18 Å². The summed E-state index contributed by atoms with van der Waals surface area (Å²) < 4.78 is 52.2. The minimum absolute atomic E-state index is 0.120. The molecule has 7 nitrogen and oxygen atoms in total. The predicted octanol–water partition coefficient (Wildman–Crippen LogP) is 2.35. The van der Waals surface area contributed by atoms with Crippen LogP contribution in [0.3, 0.4) is 0 Å². The van der Waals surface area contributed by atoms with E-state index in [1.165, 1.54) is 6.42 Å². The van der Waals surface area contributed by atoms with E-state index in [2.05, 4.69) is 0 Å². The molecule has 1 saturated carbocycles. The van der Waals surface area contributed by atoms with Gasteiger partial charge >= 0.3 is 0 Å². The van der Waals surface area contributed by atoms with E-state index in [1.54, 1.807) is 0 Å². The third-order valence-electron chi connectivity index (χ3n) is 5.30. The Morgan fingerprint density at radius 3 is 2.56 bits per heavy atom. The molecule has 2 aliphatic heterocycles. The quantitative estimate of drug-likeness (QED) is 0.681. The van der Waals surface area contributed by atoms with Gasteiger partial charge in [0, 0.05) is 12.8 Å². The van der Waals surface area contributed by atoms with E-state index in [1.807, 2.05) is 30.3 Å². The summed E-state index contributed by atoms with van der Waals surface area (Å²) in [5.41, 5.74) is 1.02. The molecule has 0 amide bonds. The molecule has 1 aromatic rings. The Morgan fingerprint density at radius 1 is 1.11 bits per heavy atom. The Kier molecular flexibility index (Phi) is 5.55. The van der Waals surface area contributed by atoms with Crippen LogP contribution in [0.5, 0.6) is 0 Å². The molecule has 150 valence electrons. The van der Waals surface area contributed by atoms with Crippen molar-refractivity contribution < 1.29 is 31.5 Å². The maximum atomic E-state index is 11.4. The van der Waals surface area contributed by atoms with E-state index in [-0.39, 0.29) is 12.7 Å². The smallest absolute Gasteiger partial charge is 0.264 e. The Hall–Kier alpha value is -1.03. The monoisotopic (exact) mass is 398 g/mol. The molecule has 4 unspecified atom stereocenters. The van der Waals surface area contributed by atoms with Crippen LogP contribution in [0.25, 0.3) is 0 Å². The van der Waals surface area contributed by atoms with Crippen molar-refractivity contribution in [1.82, 2.24) is 0 Å². The fourth-order valence-electron chi connectivity index (χ4n) is 4.02. The zero-order valence-corrected chi connectivity index (χ0v) is 16.2. The average Bonchev–Trinajstić information content (AvgIpc) is 3.13. The SMILES string of the molecule is CS(=O)(=O)OCC1OC2OC3(CCCCC3)OC2C1OCc1ccccc1. The third-order valence-corrected chi connectivity index (χ3v) is 5.86. The highest BCUT2D eigenvalue weighted by Crippen LogP contribution is 2.45. The zero-order valence-electron chi connectivity index (χ0n) is 15.4. The second-order valence-electron chi connectivity index (χ2n) is 7.46. The van der Waals surface area contributed by atoms with Gasteiger partial charge in [0.2, 0.25) is 0 Å². The minimum Gasteiger partial charge on any atom is -0.368 e. The molecule has 0 N–H and O–H groups in total. The largest absolute Gasteiger partial charge is 0.368 e. The second kappa shape index (κ2) is 7.77. The summed E-state index contributed by atoms with van der Waals surface area (Å²) in [5, 5.41) is 0. The average molecular weight is 398 g/mol. The van der Waals surface area contributed by atoms with Gasteiger partial charge < -0.3 is 18.9 Å². The number of hydrogen-bond donors (Lipinski definition) is 0. The fraction of sp³-hybridized carbons (Fsp3) is 0.684. The summed E-state index contributed by atoms with van der Waals surface area (Å²) in [5.74, 6) is -0.593. The third kappa shape index (κ3) is 4.52. The van der Waals surface area contributed by atoms with E-state index in [0.29, 0.717) is 6.61 Å². The molecule has 3 aliphatic rings. The second-order valence-corrected chi connectivity index (χ2v) is 9.11. The molecule has 27 heavy (non-hydrogen) atoms. The first-order valence-corrected chi connectivity index (χ1v) is 11.3. The van der Waals surface area contributed by atoms with Crippen LogP contribution in [-0.4, -0.2) is 51.7 Å². The maximum Gasteiger partial charge on any atom is 0.264 e. The molecule has 0 radical (unpaired) electrons. The van der Waals surface area contributed by atoms with Crippen LogP contribution < -0.4 is 0 Å². The van der Waals surface area contributed by atoms with Gasteiger partial charge in [-0.1, -0.05) is 36.8 Å². The highest BCUT2D eigenvalue weighted by atomic mass is 32.2. The molecule has 0 aromatic heterocycles. The first kappa shape index (κ1) is 19.3. The number of ether oxygens (including phenoxy) is 4. The van der Waals surface area contributed by atoms with Gasteiger partial charge in [0.25, 0.3) is 10.1 Å². The van der Waals surface area contributed by atoms with Crippen molar-refractivity contribution in [2.45, 2.75) is 69.1 Å². The van der Waals surface area contributed by atoms with Crippen molar-refractivity contribution in [3.63, 3.8) is 0 Å². The lowest BCUT2D eigenvalue weighted by molar-refractivity contribution is -0.250. The lowest BCUT2D eigenvalue weighted by Gasteiger charge is -2.34. The topological polar surface area (TPSA) is 80.3 Å². The van der Waals surface area contributed by atoms with Crippen molar-refractivity contribution in [3.8, 4) is 0 Å². The Balaban J connectivity index is 1.46. The van der Waals surface area contributed by atoms with Gasteiger partial charge in [-0.2, -0.15) is 8.42 Å². The molecule has 1 aromatic carbocycles. The summed E-state index contributed by atoms with van der Waals surface area (Å²) in [7, 11) is -3.57. The number of hydrogen-bond acceptors (Lipinski definition) is 7. The van der Waals surface area contributed by atoms with Gasteiger partial charge in [0.15, 0.2) is 12.1 Å². The Morgan fingerprint density at radius 2 is 1.85 bits per heavy atom. The first-order valence-electron chi connectivity index (χ1n) is 9.45. The highest BCUT2D eigenvalue weighted by molar-refractivity contribution is 7.85. The van der Waals surface area contributed by atoms with Gasteiger partial charge in [0.05, 0.1) is 19.5 Å². The van der Waals surface area contributed by atoms with E-state index in [9.17, 15) is 8.42 Å². The number of rotatable bonds is 6. The van der Waals surface area contributed by atoms with Crippen molar-refractivity contribution in [2.75, 3.05) is 12.9 Å². The summed E-state index contributed by atoms with van der Waals surface area (Å²) >= 11 is 0. The Bertz CT molecular complexity index is 730. The van der Waals surface area contributed by atoms with Crippen LogP contribution in [0.4, 0.5) is 0 Å². The highest BCUT2D eigenvalue weighted by Gasteiger charge is 2.58. The summed E-state index contributed by atoms with van der Waals surface area (Å²) in [6, 6.07) is 9.79. The summed E-state index contributed by atoms with van der Waals surface area (Å²) in [4.78, 5) is 0. The van der Waals surface area contributed by atoms with Crippen LogP contribution in [0, 0.1) is 0 Å². The normalized spacial score (nSPS) is 32.6. The van der Waals surface area contributed by atoms with Crippen LogP contribution in [-0.2, 0) is 39.9 Å². The predicted molar refractivity (Wildman–Crippen MR) is 96.2 cm³/mol. The molecule has 3 fully saturated rings. The Labute approximate surface area is 160 Å². The van der Waals surface area contributed by atoms with Gasteiger partial charge in [0.1, 0.15) is 18.3 Å². The maximum absolute atomic E-state index is 11.4. The molecule has 2 saturated heterocycles. The van der Waals surface area contributed by atoms with Crippen molar-refractivity contribution in [1.29, 1.82) is 0 Å². The van der Waals surface area contributed by atoms with E-state index in [4.69, 9.17) is 23.1 Å². The van der Waals surface area contributed by atoms with Gasteiger partial charge in [-0.05, 0) is 18.4 Å². The molecule has 4 rings (SSSR count). The zero-order chi connectivity index (χ0) is 18.9. The number of fused-ring (bicyclic) bond motifs is 1. The standard InChI is InChI=1S/C19H26O7S/c1-27(20,21)23-13-15-16(22-12-14-8-4-2-5-9-14)17-18(24-15)26-19(25-17)10-6-3-7-11-19/h2,4-5,8-9,15-18H,3,6-7,10-13H2,1H3. The fourth-order valence-corrected chi connectivity index (χ4v) is 4.40. The van der Waals surface area contributed by atoms with Gasteiger partial charge in [-0.25, -0.2) is 0 Å². The van der Waals surface area contributed by atoms with E-state index >= 15 is 0 Å². The summed E-state index contributed by atoms with van der Waals surface area (Å²) in [6.07, 6.45) is 4.05. The molecule has 1 aliphatic carbocycles. The van der Waals surface area contributed by atoms with E-state index < -0.39 is 34.4 Å². The molecule has 0 bridgehead atoms. The molecule has 1 spiro atoms. The lowest BCUT2D eigenvalue weighted by atomic mass is 9.94. The van der Waals surface area contributed by atoms with Crippen molar-refractivity contribution in [2.24, 2.45) is 0 Å². The molecule has 8 heteroatoms. The van der Waals surface area contributed by atoms with E-state index in [0.717, 1.165) is 37.5 Å². The minimum atomic E-state index is -3.57. The molecule has 2 heterocycles.